The van der Waals surface area contributed by atoms with E-state index in [0.29, 0.717) is 0 Å². The lowest BCUT2D eigenvalue weighted by molar-refractivity contribution is 1.12. The van der Waals surface area contributed by atoms with Gasteiger partial charge < -0.3 is 0 Å². The lowest BCUT2D eigenvalue weighted by Crippen LogP contribution is -1.87. The van der Waals surface area contributed by atoms with Crippen LogP contribution in [0.3, 0.4) is 0 Å². The quantitative estimate of drug-likeness (QED) is 0.727. The zero-order chi connectivity index (χ0) is 10.1. The van der Waals surface area contributed by atoms with Crippen LogP contribution in [0.1, 0.15) is 23.6 Å². The number of allylic oxidation sites excluding steroid dienone is 1. The molecule has 2 nitrogen and oxygen atoms in total. The number of nitrogens with zero attached hydrogens (tertiary/aromatic N) is 1. The summed E-state index contributed by atoms with van der Waals surface area (Å²) in [6, 6.07) is 2.14. The highest BCUT2D eigenvalue weighted by Gasteiger charge is 2.05. The Morgan fingerprint density at radius 1 is 1.36 bits per heavy atom. The summed E-state index contributed by atoms with van der Waals surface area (Å²) in [6.07, 6.45) is 6.11. The molecule has 72 valence electrons. The molecule has 0 aliphatic carbocycles. The number of hydrogen-bond acceptors (Lipinski definition) is 1. The van der Waals surface area contributed by atoms with Gasteiger partial charge in [0, 0.05) is 5.39 Å². The second kappa shape index (κ2) is 3.29. The molecule has 1 heterocycles. The summed E-state index contributed by atoms with van der Waals surface area (Å²) in [4.78, 5) is 0. The van der Waals surface area contributed by atoms with E-state index in [0.717, 1.165) is 5.52 Å². The molecule has 14 heavy (non-hydrogen) atoms. The van der Waals surface area contributed by atoms with Crippen molar-refractivity contribution < 1.29 is 0 Å². The summed E-state index contributed by atoms with van der Waals surface area (Å²) in [6.45, 7) is 6.31. The van der Waals surface area contributed by atoms with Crippen molar-refractivity contribution in [2.45, 2.75) is 20.8 Å². The average molecular weight is 186 g/mol. The number of fused-ring (bicyclic) bond motifs is 1. The molecule has 1 N–H and O–H groups in total. The maximum Gasteiger partial charge on any atom is 0.0656 e. The summed E-state index contributed by atoms with van der Waals surface area (Å²) < 4.78 is 0. The first kappa shape index (κ1) is 9.00. The van der Waals surface area contributed by atoms with Crippen LogP contribution in [0.25, 0.3) is 17.0 Å². The van der Waals surface area contributed by atoms with Gasteiger partial charge in [0.05, 0.1) is 11.7 Å². The fraction of sp³-hybridized carbons (Fsp3) is 0.250. The first-order valence-corrected chi connectivity index (χ1v) is 4.80. The van der Waals surface area contributed by atoms with E-state index in [1.807, 2.05) is 13.1 Å². The average Bonchev–Trinajstić information content (AvgIpc) is 2.60. The van der Waals surface area contributed by atoms with E-state index >= 15 is 0 Å². The van der Waals surface area contributed by atoms with E-state index < -0.39 is 0 Å². The fourth-order valence-corrected chi connectivity index (χ4v) is 1.86. The first-order valence-electron chi connectivity index (χ1n) is 4.80. The van der Waals surface area contributed by atoms with E-state index in [9.17, 15) is 0 Å². The molecular formula is C12H14N2. The molecule has 2 aromatic rings. The van der Waals surface area contributed by atoms with Gasteiger partial charge in [-0.3, -0.25) is 5.10 Å². The Kier molecular flexibility index (Phi) is 2.12. The fourth-order valence-electron chi connectivity index (χ4n) is 1.86. The minimum absolute atomic E-state index is 1.12. The first-order chi connectivity index (χ1) is 6.74. The molecule has 0 bridgehead atoms. The predicted molar refractivity (Wildman–Crippen MR) is 60.3 cm³/mol. The number of aryl methyl sites for hydroxylation is 2. The van der Waals surface area contributed by atoms with Gasteiger partial charge in [0.15, 0.2) is 0 Å². The summed E-state index contributed by atoms with van der Waals surface area (Å²) in [5.74, 6) is 0. The van der Waals surface area contributed by atoms with E-state index in [2.05, 4.69) is 42.3 Å². The second-order valence-corrected chi connectivity index (χ2v) is 3.56. The van der Waals surface area contributed by atoms with Crippen LogP contribution in [0.5, 0.6) is 0 Å². The number of aromatic nitrogens is 2. The maximum atomic E-state index is 4.06. The zero-order valence-electron chi connectivity index (χ0n) is 8.76. The van der Waals surface area contributed by atoms with E-state index in [-0.39, 0.29) is 0 Å². The van der Waals surface area contributed by atoms with Crippen LogP contribution in [0.15, 0.2) is 18.3 Å². The third kappa shape index (κ3) is 1.23. The number of rotatable bonds is 1. The summed E-state index contributed by atoms with van der Waals surface area (Å²) in [5.41, 5.74) is 5.01. The molecule has 0 amide bonds. The molecule has 1 aromatic carbocycles. The summed E-state index contributed by atoms with van der Waals surface area (Å²) in [5, 5.41) is 8.26. The van der Waals surface area contributed by atoms with Crippen molar-refractivity contribution in [3.05, 3.63) is 35.0 Å². The minimum Gasteiger partial charge on any atom is -0.278 e. The molecule has 0 saturated heterocycles. The summed E-state index contributed by atoms with van der Waals surface area (Å²) in [7, 11) is 0. The third-order valence-electron chi connectivity index (χ3n) is 2.60. The Morgan fingerprint density at radius 3 is 2.86 bits per heavy atom. The Bertz CT molecular complexity index is 492. The highest BCUT2D eigenvalue weighted by atomic mass is 15.1. The molecule has 0 saturated carbocycles. The van der Waals surface area contributed by atoms with Gasteiger partial charge in [-0.1, -0.05) is 12.2 Å². The minimum atomic E-state index is 1.12. The van der Waals surface area contributed by atoms with Crippen LogP contribution < -0.4 is 0 Å². The number of H-pyrrole nitrogens is 1. The van der Waals surface area contributed by atoms with Crippen molar-refractivity contribution in [2.24, 2.45) is 0 Å². The highest BCUT2D eigenvalue weighted by molar-refractivity contribution is 5.86. The molecule has 0 spiro atoms. The van der Waals surface area contributed by atoms with Gasteiger partial charge in [-0.25, -0.2) is 0 Å². The Morgan fingerprint density at radius 2 is 2.14 bits per heavy atom. The SMILES string of the molecule is C/C=C/c1c(C)cc2[nH]ncc2c1C. The lowest BCUT2D eigenvalue weighted by Gasteiger charge is -2.06. The van der Waals surface area contributed by atoms with Gasteiger partial charge in [0.25, 0.3) is 0 Å². The standard InChI is InChI=1S/C12H14N2/c1-4-5-10-8(2)6-12-11(9(10)3)7-13-14-12/h4-7H,1-3H3,(H,13,14)/b5-4+. The van der Waals surface area contributed by atoms with Crippen LogP contribution in [-0.4, -0.2) is 10.2 Å². The summed E-state index contributed by atoms with van der Waals surface area (Å²) >= 11 is 0. The smallest absolute Gasteiger partial charge is 0.0656 e. The predicted octanol–water partition coefficient (Wildman–Crippen LogP) is 3.21. The van der Waals surface area contributed by atoms with Gasteiger partial charge in [0.1, 0.15) is 0 Å². The largest absolute Gasteiger partial charge is 0.278 e. The molecular weight excluding hydrogens is 172 g/mol. The van der Waals surface area contributed by atoms with Gasteiger partial charge >= 0.3 is 0 Å². The highest BCUT2D eigenvalue weighted by Crippen LogP contribution is 2.24. The lowest BCUT2D eigenvalue weighted by atomic mass is 9.99. The Labute approximate surface area is 83.6 Å². The monoisotopic (exact) mass is 186 g/mol. The van der Waals surface area contributed by atoms with Gasteiger partial charge in [0.2, 0.25) is 0 Å². The second-order valence-electron chi connectivity index (χ2n) is 3.56. The van der Waals surface area contributed by atoms with E-state index in [1.54, 1.807) is 0 Å². The number of benzene rings is 1. The van der Waals surface area contributed by atoms with Crippen LogP contribution in [0.2, 0.25) is 0 Å². The number of aromatic amines is 1. The van der Waals surface area contributed by atoms with Crippen LogP contribution in [0, 0.1) is 13.8 Å². The van der Waals surface area contributed by atoms with E-state index in [4.69, 9.17) is 0 Å². The molecule has 2 rings (SSSR count). The molecule has 2 heteroatoms. The topological polar surface area (TPSA) is 28.7 Å². The molecule has 0 fully saturated rings. The van der Waals surface area contributed by atoms with Crippen LogP contribution in [0.4, 0.5) is 0 Å². The van der Waals surface area contributed by atoms with Crippen molar-refractivity contribution in [2.75, 3.05) is 0 Å². The zero-order valence-corrected chi connectivity index (χ0v) is 8.76. The van der Waals surface area contributed by atoms with Crippen LogP contribution >= 0.6 is 0 Å². The number of hydrogen-bond donors (Lipinski definition) is 1. The van der Waals surface area contributed by atoms with Gasteiger partial charge in [-0.15, -0.1) is 0 Å². The Hall–Kier alpha value is -1.57. The van der Waals surface area contributed by atoms with Gasteiger partial charge in [-0.05, 0) is 43.5 Å². The van der Waals surface area contributed by atoms with Crippen molar-refractivity contribution in [3.8, 4) is 0 Å². The number of nitrogens with one attached hydrogen (secondary N) is 1. The van der Waals surface area contributed by atoms with Crippen molar-refractivity contribution in [1.29, 1.82) is 0 Å². The molecule has 1 aromatic heterocycles. The molecule has 0 aliphatic rings. The Balaban J connectivity index is 2.82. The maximum absolute atomic E-state index is 4.06. The molecule has 0 unspecified atom stereocenters. The molecule has 0 radical (unpaired) electrons. The molecule has 0 atom stereocenters. The van der Waals surface area contributed by atoms with Crippen molar-refractivity contribution in [3.63, 3.8) is 0 Å². The normalized spacial score (nSPS) is 11.6. The van der Waals surface area contributed by atoms with Crippen molar-refractivity contribution in [1.82, 2.24) is 10.2 Å². The molecule has 0 aliphatic heterocycles. The van der Waals surface area contributed by atoms with Gasteiger partial charge in [-0.2, -0.15) is 5.10 Å². The van der Waals surface area contributed by atoms with Crippen molar-refractivity contribution >= 4 is 17.0 Å². The third-order valence-corrected chi connectivity index (χ3v) is 2.60. The van der Waals surface area contributed by atoms with E-state index in [1.165, 1.54) is 22.1 Å². The van der Waals surface area contributed by atoms with Crippen LogP contribution in [-0.2, 0) is 0 Å².